The van der Waals surface area contributed by atoms with E-state index >= 15 is 0 Å². The number of carbonyl (C=O) groups excluding carboxylic acids is 1. The van der Waals surface area contributed by atoms with Crippen LogP contribution in [-0.2, 0) is 9.53 Å². The lowest BCUT2D eigenvalue weighted by atomic mass is 10.4. The van der Waals surface area contributed by atoms with Gasteiger partial charge in [-0.2, -0.15) is 12.6 Å². The Morgan fingerprint density at radius 3 is 1.50 bits per heavy atom. The molecule has 0 saturated carbocycles. The third kappa shape index (κ3) is 38.8. The van der Waals surface area contributed by atoms with E-state index in [2.05, 4.69) is 22.7 Å². The SMILES string of the molecule is CNCC(O)CO.NCC(O)CO.O=COC(O)CO.OCC(O)CS. The molecule has 0 fully saturated rings. The molecule has 0 heterocycles. The van der Waals surface area contributed by atoms with Crippen LogP contribution in [0.25, 0.3) is 0 Å². The van der Waals surface area contributed by atoms with E-state index < -0.39 is 31.2 Å². The molecule has 0 amide bonds. The van der Waals surface area contributed by atoms with Crippen molar-refractivity contribution >= 4 is 19.1 Å². The Hall–Kier alpha value is -0.580. The van der Waals surface area contributed by atoms with Crippen LogP contribution in [0.15, 0.2) is 0 Å². The summed E-state index contributed by atoms with van der Waals surface area (Å²) in [6.45, 7) is -0.493. The number of hydrogen-bond donors (Lipinski definition) is 11. The molecule has 11 N–H and O–H groups in total. The van der Waals surface area contributed by atoms with Crippen molar-refractivity contribution in [1.82, 2.24) is 5.32 Å². The number of ether oxygens (including phenoxy) is 1. The number of rotatable bonds is 10. The largest absolute Gasteiger partial charge is 0.436 e. The number of aliphatic hydroxyl groups is 8. The summed E-state index contributed by atoms with van der Waals surface area (Å²) in [6.07, 6.45) is -3.35. The summed E-state index contributed by atoms with van der Waals surface area (Å²) in [7, 11) is 1.72. The van der Waals surface area contributed by atoms with Crippen LogP contribution >= 0.6 is 12.6 Å². The third-order valence-corrected chi connectivity index (χ3v) is 2.35. The molecule has 4 unspecified atom stereocenters. The van der Waals surface area contributed by atoms with Gasteiger partial charge >= 0.3 is 0 Å². The molecule has 4 atom stereocenters. The average molecular weight is 410 g/mol. The molecule has 26 heavy (non-hydrogen) atoms. The maximum atomic E-state index is 9.28. The molecule has 0 saturated heterocycles. The predicted octanol–water partition coefficient (Wildman–Crippen LogP) is -5.40. The topological polar surface area (TPSA) is 226 Å². The standard InChI is InChI=1S/C4H11NO2.C3H9NO2.C3H6O4.C3H8O2S/c1-5-2-4(7)3-6;4-1-3(6)2-5;4-1-3(6)7-2-5;4-1-3(5)2-6/h4-7H,2-3H2,1H3;3,5-6H,1-2,4H2;2-4,6H,1H2;3-6H,1-2H2. The fourth-order valence-electron chi connectivity index (χ4n) is 0.540. The van der Waals surface area contributed by atoms with Crippen LogP contribution in [0.1, 0.15) is 0 Å². The van der Waals surface area contributed by atoms with Crippen LogP contribution < -0.4 is 11.1 Å². The van der Waals surface area contributed by atoms with Crippen LogP contribution in [0.3, 0.4) is 0 Å². The summed E-state index contributed by atoms with van der Waals surface area (Å²) in [4.78, 5) is 9.28. The molecule has 0 aromatic heterocycles. The van der Waals surface area contributed by atoms with Gasteiger partial charge in [0.15, 0.2) is 0 Å². The van der Waals surface area contributed by atoms with Crippen LogP contribution in [0.2, 0.25) is 0 Å². The first-order valence-electron chi connectivity index (χ1n) is 7.44. The number of aliphatic hydroxyl groups excluding tert-OH is 8. The zero-order valence-electron chi connectivity index (χ0n) is 14.8. The summed E-state index contributed by atoms with van der Waals surface area (Å²) < 4.78 is 3.82. The number of carbonyl (C=O) groups is 1. The normalized spacial score (nSPS) is 14.0. The highest BCUT2D eigenvalue weighted by molar-refractivity contribution is 7.80. The highest BCUT2D eigenvalue weighted by atomic mass is 32.1. The minimum absolute atomic E-state index is 0.0703. The Labute approximate surface area is 158 Å². The second kappa shape index (κ2) is 29.2. The monoisotopic (exact) mass is 410 g/mol. The number of nitrogens with two attached hydrogens (primary N) is 1. The number of hydrogen-bond acceptors (Lipinski definition) is 13. The number of nitrogens with one attached hydrogen (secondary N) is 1. The highest BCUT2D eigenvalue weighted by Crippen LogP contribution is 1.81. The molecule has 0 aromatic rings. The molecule has 0 rings (SSSR count). The molecule has 0 radical (unpaired) electrons. The van der Waals surface area contributed by atoms with Gasteiger partial charge < -0.3 is 56.6 Å². The first-order chi connectivity index (χ1) is 12.2. The smallest absolute Gasteiger partial charge is 0.295 e. The van der Waals surface area contributed by atoms with E-state index in [1.165, 1.54) is 0 Å². The molecule has 0 aromatic carbocycles. The van der Waals surface area contributed by atoms with Gasteiger partial charge in [0.25, 0.3) is 6.47 Å². The van der Waals surface area contributed by atoms with Crippen LogP contribution in [-0.4, -0.2) is 124 Å². The number of thiol groups is 1. The van der Waals surface area contributed by atoms with E-state index in [0.29, 0.717) is 12.3 Å². The molecule has 0 aliphatic carbocycles. The zero-order valence-corrected chi connectivity index (χ0v) is 15.6. The fraction of sp³-hybridized carbons (Fsp3) is 0.923. The summed E-state index contributed by atoms with van der Waals surface area (Å²) in [5, 5.41) is 68.2. The van der Waals surface area contributed by atoms with E-state index in [4.69, 9.17) is 46.6 Å². The second-order valence-corrected chi connectivity index (χ2v) is 4.72. The van der Waals surface area contributed by atoms with Gasteiger partial charge in [-0.15, -0.1) is 0 Å². The maximum absolute atomic E-state index is 9.28. The molecular weight excluding hydrogens is 376 g/mol. The van der Waals surface area contributed by atoms with Crippen molar-refractivity contribution in [2.75, 3.05) is 52.3 Å². The Morgan fingerprint density at radius 2 is 1.42 bits per heavy atom. The molecular formula is C13H34N2O10S. The summed E-state index contributed by atoms with van der Waals surface area (Å²) >= 11 is 3.69. The van der Waals surface area contributed by atoms with Crippen molar-refractivity contribution in [1.29, 1.82) is 0 Å². The van der Waals surface area contributed by atoms with Crippen molar-refractivity contribution in [3.63, 3.8) is 0 Å². The lowest BCUT2D eigenvalue weighted by molar-refractivity contribution is -0.157. The molecule has 0 spiro atoms. The van der Waals surface area contributed by atoms with Crippen molar-refractivity contribution in [2.24, 2.45) is 5.73 Å². The Balaban J connectivity index is -0.000000124. The Kier molecular flexibility index (Phi) is 37.1. The van der Waals surface area contributed by atoms with Gasteiger partial charge in [-0.3, -0.25) is 4.79 Å². The molecule has 0 aliphatic heterocycles. The van der Waals surface area contributed by atoms with E-state index in [9.17, 15) is 4.79 Å². The van der Waals surface area contributed by atoms with Gasteiger partial charge in [-0.1, -0.05) is 0 Å². The van der Waals surface area contributed by atoms with Crippen LogP contribution in [0.5, 0.6) is 0 Å². The molecule has 12 nitrogen and oxygen atoms in total. The van der Waals surface area contributed by atoms with E-state index in [1.54, 1.807) is 7.05 Å². The number of likely N-dealkylation sites (N-methyl/N-ethyl adjacent to an activating group) is 1. The Bertz CT molecular complexity index is 239. The Morgan fingerprint density at radius 1 is 0.962 bits per heavy atom. The first-order valence-corrected chi connectivity index (χ1v) is 8.07. The second-order valence-electron chi connectivity index (χ2n) is 4.35. The lowest BCUT2D eigenvalue weighted by Gasteiger charge is -2.02. The lowest BCUT2D eigenvalue weighted by Crippen LogP contribution is -2.26. The average Bonchev–Trinajstić information content (AvgIpc) is 2.68. The van der Waals surface area contributed by atoms with Gasteiger partial charge in [0, 0.05) is 18.8 Å². The van der Waals surface area contributed by atoms with Crippen molar-refractivity contribution in [2.45, 2.75) is 24.6 Å². The van der Waals surface area contributed by atoms with Gasteiger partial charge in [0.2, 0.25) is 6.29 Å². The van der Waals surface area contributed by atoms with Crippen LogP contribution in [0, 0.1) is 0 Å². The van der Waals surface area contributed by atoms with E-state index in [-0.39, 0.29) is 32.8 Å². The quantitative estimate of drug-likeness (QED) is 0.0921. The minimum Gasteiger partial charge on any atom is -0.436 e. The summed E-state index contributed by atoms with van der Waals surface area (Å²) in [5.41, 5.74) is 4.87. The highest BCUT2D eigenvalue weighted by Gasteiger charge is 1.96. The van der Waals surface area contributed by atoms with Gasteiger partial charge in [-0.05, 0) is 7.05 Å². The van der Waals surface area contributed by atoms with Gasteiger partial charge in [0.05, 0.1) is 38.1 Å². The van der Waals surface area contributed by atoms with Gasteiger partial charge in [-0.25, -0.2) is 0 Å². The first kappa shape index (κ1) is 33.0. The minimum atomic E-state index is -1.36. The van der Waals surface area contributed by atoms with E-state index in [0.717, 1.165) is 0 Å². The van der Waals surface area contributed by atoms with Crippen molar-refractivity contribution in [3.05, 3.63) is 0 Å². The molecule has 162 valence electrons. The third-order valence-electron chi connectivity index (χ3n) is 1.92. The molecule has 0 bridgehead atoms. The fourth-order valence-corrected chi connectivity index (χ4v) is 0.655. The molecule has 13 heteroatoms. The van der Waals surface area contributed by atoms with Crippen molar-refractivity contribution < 1.29 is 50.4 Å². The maximum Gasteiger partial charge on any atom is 0.295 e. The predicted molar refractivity (Wildman–Crippen MR) is 96.4 cm³/mol. The van der Waals surface area contributed by atoms with E-state index in [1.807, 2.05) is 0 Å². The van der Waals surface area contributed by atoms with Gasteiger partial charge in [0.1, 0.15) is 6.61 Å². The molecule has 0 aliphatic rings. The zero-order chi connectivity index (χ0) is 21.4. The summed E-state index contributed by atoms with van der Waals surface area (Å²) in [6, 6.07) is 0. The summed E-state index contributed by atoms with van der Waals surface area (Å²) in [5.74, 6) is 0.330. The van der Waals surface area contributed by atoms with Crippen LogP contribution in [0.4, 0.5) is 0 Å². The van der Waals surface area contributed by atoms with Crippen molar-refractivity contribution in [3.8, 4) is 0 Å².